The average Bonchev–Trinajstić information content (AvgIpc) is 2.83. The lowest BCUT2D eigenvalue weighted by molar-refractivity contribution is -0.119. The van der Waals surface area contributed by atoms with Crippen LogP contribution in [0.5, 0.6) is 0 Å². The number of hydrogen-bond acceptors (Lipinski definition) is 4. The summed E-state index contributed by atoms with van der Waals surface area (Å²) in [6.45, 7) is 2.96. The Labute approximate surface area is 157 Å². The molecule has 1 aromatic heterocycles. The summed E-state index contributed by atoms with van der Waals surface area (Å²) in [7, 11) is 0. The molecular formula is C20H20N4O3. The molecule has 4 rings (SSSR count). The number of aromatic nitrogens is 1. The Morgan fingerprint density at radius 2 is 1.81 bits per heavy atom. The zero-order valence-electron chi connectivity index (χ0n) is 15.0. The number of imide groups is 1. The van der Waals surface area contributed by atoms with Gasteiger partial charge < -0.3 is 9.80 Å². The molecule has 0 saturated carbocycles. The summed E-state index contributed by atoms with van der Waals surface area (Å²) < 4.78 is 0. The van der Waals surface area contributed by atoms with Crippen molar-refractivity contribution in [2.24, 2.45) is 0 Å². The van der Waals surface area contributed by atoms with Crippen molar-refractivity contribution >= 4 is 23.5 Å². The van der Waals surface area contributed by atoms with E-state index in [1.54, 1.807) is 46.2 Å². The summed E-state index contributed by atoms with van der Waals surface area (Å²) in [6, 6.07) is 13.2. The van der Waals surface area contributed by atoms with E-state index in [0.717, 1.165) is 5.69 Å². The van der Waals surface area contributed by atoms with Crippen molar-refractivity contribution in [1.82, 2.24) is 14.8 Å². The Bertz CT molecular complexity index is 899. The maximum Gasteiger partial charge on any atom is 0.332 e. The summed E-state index contributed by atoms with van der Waals surface area (Å²) in [5.74, 6) is -0.498. The second-order valence-electron chi connectivity index (χ2n) is 6.77. The smallest absolute Gasteiger partial charge is 0.332 e. The number of fused-ring (bicyclic) bond motifs is 1. The van der Waals surface area contributed by atoms with Gasteiger partial charge in [-0.25, -0.2) is 14.7 Å². The maximum atomic E-state index is 13.0. The van der Waals surface area contributed by atoms with E-state index in [-0.39, 0.29) is 24.4 Å². The van der Waals surface area contributed by atoms with Crippen molar-refractivity contribution in [2.45, 2.75) is 19.4 Å². The standard InChI is InChI=1S/C20H20N4O3/c1-14-7-5-10-16(21-14)18(25)22-11-6-12-23-17(13-22)19(26)24(20(23)27)15-8-3-2-4-9-15/h2-5,7-10,17H,6,11-13H2,1H3. The van der Waals surface area contributed by atoms with Crippen molar-refractivity contribution in [3.8, 4) is 0 Å². The number of nitrogens with zero attached hydrogens (tertiary/aromatic N) is 4. The number of pyridine rings is 1. The van der Waals surface area contributed by atoms with Crippen molar-refractivity contribution in [3.63, 3.8) is 0 Å². The molecule has 2 saturated heterocycles. The van der Waals surface area contributed by atoms with Crippen LogP contribution in [0.4, 0.5) is 10.5 Å². The number of carbonyl (C=O) groups excluding carboxylic acids is 3. The Balaban J connectivity index is 1.59. The Morgan fingerprint density at radius 1 is 1.04 bits per heavy atom. The number of carbonyl (C=O) groups is 3. The van der Waals surface area contributed by atoms with Crippen molar-refractivity contribution in [1.29, 1.82) is 0 Å². The summed E-state index contributed by atoms with van der Waals surface area (Å²) >= 11 is 0. The lowest BCUT2D eigenvalue weighted by atomic mass is 10.2. The molecule has 1 aromatic carbocycles. The van der Waals surface area contributed by atoms with Crippen molar-refractivity contribution < 1.29 is 14.4 Å². The monoisotopic (exact) mass is 364 g/mol. The molecule has 0 bridgehead atoms. The number of para-hydroxylation sites is 1. The van der Waals surface area contributed by atoms with Gasteiger partial charge in [-0.2, -0.15) is 0 Å². The first-order valence-electron chi connectivity index (χ1n) is 8.99. The quantitative estimate of drug-likeness (QED) is 0.765. The molecule has 4 amide bonds. The van der Waals surface area contributed by atoms with Crippen LogP contribution in [0.3, 0.4) is 0 Å². The van der Waals surface area contributed by atoms with E-state index in [9.17, 15) is 14.4 Å². The van der Waals surface area contributed by atoms with Gasteiger partial charge in [0.2, 0.25) is 0 Å². The van der Waals surface area contributed by atoms with E-state index in [2.05, 4.69) is 4.98 Å². The van der Waals surface area contributed by atoms with Crippen molar-refractivity contribution in [2.75, 3.05) is 24.5 Å². The third-order valence-electron chi connectivity index (χ3n) is 4.95. The summed E-state index contributed by atoms with van der Waals surface area (Å²) in [5, 5.41) is 0. The van der Waals surface area contributed by atoms with Crippen LogP contribution in [0.25, 0.3) is 0 Å². The molecule has 1 unspecified atom stereocenters. The second-order valence-corrected chi connectivity index (χ2v) is 6.77. The second kappa shape index (κ2) is 6.83. The Hall–Kier alpha value is -3.22. The van der Waals surface area contributed by atoms with Crippen LogP contribution in [-0.2, 0) is 4.79 Å². The van der Waals surface area contributed by atoms with E-state index >= 15 is 0 Å². The predicted octanol–water partition coefficient (Wildman–Crippen LogP) is 2.07. The van der Waals surface area contributed by atoms with Crippen molar-refractivity contribution in [3.05, 3.63) is 59.9 Å². The molecule has 7 nitrogen and oxygen atoms in total. The molecule has 3 heterocycles. The molecule has 2 aromatic rings. The topological polar surface area (TPSA) is 73.8 Å². The van der Waals surface area contributed by atoms with Crippen LogP contribution in [-0.4, -0.2) is 58.3 Å². The van der Waals surface area contributed by atoms with Crippen LogP contribution < -0.4 is 4.90 Å². The van der Waals surface area contributed by atoms with Crippen LogP contribution in [0.15, 0.2) is 48.5 Å². The predicted molar refractivity (Wildman–Crippen MR) is 99.3 cm³/mol. The largest absolute Gasteiger partial charge is 0.335 e. The zero-order chi connectivity index (χ0) is 19.0. The van der Waals surface area contributed by atoms with Gasteiger partial charge >= 0.3 is 6.03 Å². The normalized spacial score (nSPS) is 19.9. The van der Waals surface area contributed by atoms with E-state index in [0.29, 0.717) is 30.9 Å². The number of aryl methyl sites for hydroxylation is 1. The number of urea groups is 1. The van der Waals surface area contributed by atoms with Gasteiger partial charge in [0.25, 0.3) is 11.8 Å². The fourth-order valence-electron chi connectivity index (χ4n) is 3.62. The van der Waals surface area contributed by atoms with E-state index in [1.807, 2.05) is 19.1 Å². The fraction of sp³-hybridized carbons (Fsp3) is 0.300. The molecule has 0 N–H and O–H groups in total. The molecular weight excluding hydrogens is 344 g/mol. The van der Waals surface area contributed by atoms with Gasteiger partial charge in [0.1, 0.15) is 11.7 Å². The molecule has 0 aliphatic carbocycles. The van der Waals surface area contributed by atoms with Gasteiger partial charge in [0.15, 0.2) is 0 Å². The molecule has 138 valence electrons. The summed E-state index contributed by atoms with van der Waals surface area (Å²) in [5.41, 5.74) is 1.68. The highest BCUT2D eigenvalue weighted by atomic mass is 16.2. The number of rotatable bonds is 2. The Kier molecular flexibility index (Phi) is 4.35. The number of anilines is 1. The lowest BCUT2D eigenvalue weighted by Gasteiger charge is -2.23. The molecule has 0 spiro atoms. The first-order valence-corrected chi connectivity index (χ1v) is 8.99. The highest BCUT2D eigenvalue weighted by Gasteiger charge is 2.47. The minimum atomic E-state index is -0.658. The van der Waals surface area contributed by atoms with E-state index in [1.165, 1.54) is 4.90 Å². The van der Waals surface area contributed by atoms with Gasteiger partial charge in [-0.15, -0.1) is 0 Å². The van der Waals surface area contributed by atoms with Gasteiger partial charge in [-0.1, -0.05) is 24.3 Å². The van der Waals surface area contributed by atoms with E-state index in [4.69, 9.17) is 0 Å². The molecule has 7 heteroatoms. The first-order chi connectivity index (χ1) is 13.1. The first kappa shape index (κ1) is 17.2. The maximum absolute atomic E-state index is 13.0. The molecule has 2 fully saturated rings. The number of amides is 4. The summed E-state index contributed by atoms with van der Waals surface area (Å²) in [4.78, 5) is 47.4. The highest BCUT2D eigenvalue weighted by Crippen LogP contribution is 2.27. The van der Waals surface area contributed by atoms with Gasteiger partial charge in [-0.3, -0.25) is 9.59 Å². The van der Waals surface area contributed by atoms with E-state index < -0.39 is 6.04 Å². The molecule has 2 aliphatic heterocycles. The van der Waals surface area contributed by atoms with Gasteiger partial charge in [-0.05, 0) is 37.6 Å². The minimum absolute atomic E-state index is 0.183. The molecule has 27 heavy (non-hydrogen) atoms. The van der Waals surface area contributed by atoms with Crippen LogP contribution >= 0.6 is 0 Å². The number of hydrogen-bond donors (Lipinski definition) is 0. The van der Waals surface area contributed by atoms with Crippen LogP contribution in [0.1, 0.15) is 22.6 Å². The van der Waals surface area contributed by atoms with Gasteiger partial charge in [0.05, 0.1) is 12.2 Å². The third-order valence-corrected chi connectivity index (χ3v) is 4.95. The third kappa shape index (κ3) is 3.05. The van der Waals surface area contributed by atoms with Crippen LogP contribution in [0, 0.1) is 6.92 Å². The van der Waals surface area contributed by atoms with Crippen LogP contribution in [0.2, 0.25) is 0 Å². The molecule has 2 aliphatic rings. The summed E-state index contributed by atoms with van der Waals surface area (Å²) in [6.07, 6.45) is 0.621. The molecule has 0 radical (unpaired) electrons. The molecule has 1 atom stereocenters. The highest BCUT2D eigenvalue weighted by molar-refractivity contribution is 6.21. The fourth-order valence-corrected chi connectivity index (χ4v) is 3.62. The Morgan fingerprint density at radius 3 is 2.56 bits per heavy atom. The SMILES string of the molecule is Cc1cccc(C(=O)N2CCCN3C(=O)N(c4ccccc4)C(=O)C3C2)n1. The average molecular weight is 364 g/mol. The minimum Gasteiger partial charge on any atom is -0.335 e. The zero-order valence-corrected chi connectivity index (χ0v) is 15.0. The number of benzene rings is 1. The lowest BCUT2D eigenvalue weighted by Crippen LogP contribution is -2.43. The van der Waals surface area contributed by atoms with Gasteiger partial charge in [0, 0.05) is 18.8 Å².